The number of benzene rings is 2. The van der Waals surface area contributed by atoms with Gasteiger partial charge in [0.05, 0.1) is 12.7 Å². The molecule has 2 N–H and O–H groups in total. The highest BCUT2D eigenvalue weighted by atomic mass is 79.9. The van der Waals surface area contributed by atoms with Crippen LogP contribution in [0, 0.1) is 35.0 Å². The molecule has 1 aromatic heterocycles. The number of halogens is 1. The second-order valence-corrected chi connectivity index (χ2v) is 15.8. The van der Waals surface area contributed by atoms with Gasteiger partial charge in [0.1, 0.15) is 5.75 Å². The van der Waals surface area contributed by atoms with Crippen molar-refractivity contribution in [2.24, 2.45) is 35.0 Å². The van der Waals surface area contributed by atoms with E-state index >= 15 is 0 Å². The Kier molecular flexibility index (Phi) is 7.19. The van der Waals surface area contributed by atoms with Crippen LogP contribution in [0.1, 0.15) is 81.9 Å². The zero-order chi connectivity index (χ0) is 30.2. The van der Waals surface area contributed by atoms with Crippen molar-refractivity contribution in [2.75, 3.05) is 13.2 Å². The molecule has 3 aromatic rings. The number of H-pyrrole nitrogens is 1. The van der Waals surface area contributed by atoms with Gasteiger partial charge in [0, 0.05) is 40.5 Å². The van der Waals surface area contributed by atoms with Crippen molar-refractivity contribution in [3.8, 4) is 5.75 Å². The van der Waals surface area contributed by atoms with Crippen LogP contribution in [0.3, 0.4) is 0 Å². The summed E-state index contributed by atoms with van der Waals surface area (Å²) in [5, 5.41) is 4.11. The van der Waals surface area contributed by atoms with E-state index < -0.39 is 6.09 Å². The number of aromatic amines is 1. The molecular weight excluding hydrogens is 616 g/mol. The van der Waals surface area contributed by atoms with Crippen LogP contribution in [0.4, 0.5) is 4.79 Å². The molecule has 7 heteroatoms. The standard InChI is InChI=1S/C37H45BrN2O4/c1-21-10-14-37(42-20-21)22(2)34-33(44-37)18-31-29-7-4-23-16-26(6-8-27(23)28(29)11-13-36(31,34)3)43-35(41)39-15-12-24-19-40-32-9-5-25(38)17-30(24)32/h5-6,8-9,16-17,19,21-22,28-29,31,33-34,40H,4,7,10-15,18,20H2,1-3H3,(H,39,41)/t21-,22+,28-,29-,31+,33+,34+,36+,37-/m1/s1. The van der Waals surface area contributed by atoms with E-state index in [1.54, 1.807) is 0 Å². The highest BCUT2D eigenvalue weighted by Crippen LogP contribution is 2.69. The van der Waals surface area contributed by atoms with Crippen molar-refractivity contribution < 1.29 is 19.0 Å². The minimum absolute atomic E-state index is 0.322. The van der Waals surface area contributed by atoms with Gasteiger partial charge in [-0.2, -0.15) is 0 Å². The number of rotatable bonds is 4. The molecule has 3 heterocycles. The molecular formula is C37H45BrN2O4. The van der Waals surface area contributed by atoms with E-state index in [1.807, 2.05) is 18.3 Å². The second-order valence-electron chi connectivity index (χ2n) is 14.9. The Morgan fingerprint density at radius 3 is 2.86 bits per heavy atom. The summed E-state index contributed by atoms with van der Waals surface area (Å²) in [5.74, 6) is 3.97. The quantitative estimate of drug-likeness (QED) is 0.294. The van der Waals surface area contributed by atoms with Gasteiger partial charge in [-0.15, -0.1) is 0 Å². The Morgan fingerprint density at radius 1 is 1.14 bits per heavy atom. The van der Waals surface area contributed by atoms with Crippen LogP contribution in [0.5, 0.6) is 5.75 Å². The summed E-state index contributed by atoms with van der Waals surface area (Å²) in [4.78, 5) is 16.0. The number of ether oxygens (including phenoxy) is 3. The zero-order valence-corrected chi connectivity index (χ0v) is 27.8. The number of nitrogens with one attached hydrogen (secondary N) is 2. The molecule has 2 saturated heterocycles. The molecule has 0 bridgehead atoms. The van der Waals surface area contributed by atoms with Gasteiger partial charge < -0.3 is 24.5 Å². The molecule has 4 fully saturated rings. The summed E-state index contributed by atoms with van der Waals surface area (Å²) in [7, 11) is 0. The van der Waals surface area contributed by atoms with Crippen molar-refractivity contribution in [1.82, 2.24) is 10.3 Å². The van der Waals surface area contributed by atoms with Gasteiger partial charge in [-0.3, -0.25) is 0 Å². The van der Waals surface area contributed by atoms with E-state index in [0.29, 0.717) is 59.3 Å². The minimum atomic E-state index is -0.395. The van der Waals surface area contributed by atoms with Crippen molar-refractivity contribution in [3.05, 3.63) is 63.8 Å². The average molecular weight is 662 g/mol. The molecule has 0 unspecified atom stereocenters. The Morgan fingerprint density at radius 2 is 2.02 bits per heavy atom. The fourth-order valence-electron chi connectivity index (χ4n) is 10.4. The topological polar surface area (TPSA) is 72.6 Å². The Hall–Kier alpha value is -2.35. The smallest absolute Gasteiger partial charge is 0.410 e. The summed E-state index contributed by atoms with van der Waals surface area (Å²) in [6.45, 7) is 8.66. The fourth-order valence-corrected chi connectivity index (χ4v) is 10.8. The Balaban J connectivity index is 0.908. The van der Waals surface area contributed by atoms with Gasteiger partial charge in [-0.05, 0) is 127 Å². The summed E-state index contributed by atoms with van der Waals surface area (Å²) in [6, 6.07) is 12.6. The SMILES string of the molecule is C[C@@H]1CC[C@@]2(OC1)O[C@H]1C[C@H]3[C@@H]4CCc5cc(OC(=O)NCCc6c[nH]c7ccc(Br)cc67)ccc5[C@H]4CC[C@]3(C)[C@H]1[C@@H]2C. The van der Waals surface area contributed by atoms with E-state index in [9.17, 15) is 4.79 Å². The number of hydrogen-bond acceptors (Lipinski definition) is 4. The van der Waals surface area contributed by atoms with Gasteiger partial charge in [0.25, 0.3) is 0 Å². The molecule has 2 aromatic carbocycles. The van der Waals surface area contributed by atoms with Crippen molar-refractivity contribution >= 4 is 32.9 Å². The number of amides is 1. The van der Waals surface area contributed by atoms with Crippen LogP contribution in [-0.4, -0.2) is 36.1 Å². The molecule has 3 aliphatic carbocycles. The van der Waals surface area contributed by atoms with Gasteiger partial charge in [-0.1, -0.05) is 42.8 Å². The first kappa shape index (κ1) is 29.1. The van der Waals surface area contributed by atoms with Crippen LogP contribution in [0.15, 0.2) is 47.1 Å². The summed E-state index contributed by atoms with van der Waals surface area (Å²) in [6.07, 6.45) is 10.9. The van der Waals surface area contributed by atoms with Crippen LogP contribution in [0.25, 0.3) is 10.9 Å². The Bertz CT molecular complexity index is 1580. The van der Waals surface area contributed by atoms with E-state index in [0.717, 1.165) is 35.9 Å². The van der Waals surface area contributed by atoms with Gasteiger partial charge in [0.2, 0.25) is 0 Å². The van der Waals surface area contributed by atoms with Crippen molar-refractivity contribution in [1.29, 1.82) is 0 Å². The minimum Gasteiger partial charge on any atom is -0.410 e. The summed E-state index contributed by atoms with van der Waals surface area (Å²) < 4.78 is 20.2. The van der Waals surface area contributed by atoms with Gasteiger partial charge >= 0.3 is 6.09 Å². The largest absolute Gasteiger partial charge is 0.412 e. The normalized spacial score (nSPS) is 37.3. The predicted molar refractivity (Wildman–Crippen MR) is 175 cm³/mol. The summed E-state index contributed by atoms with van der Waals surface area (Å²) in [5.41, 5.74) is 5.44. The van der Waals surface area contributed by atoms with E-state index in [1.165, 1.54) is 54.2 Å². The van der Waals surface area contributed by atoms with Crippen molar-refractivity contribution in [2.45, 2.75) is 89.9 Å². The number of aryl methyl sites for hydroxylation is 1. The number of hydrogen-bond donors (Lipinski definition) is 2. The third kappa shape index (κ3) is 4.67. The highest BCUT2D eigenvalue weighted by molar-refractivity contribution is 9.10. The van der Waals surface area contributed by atoms with Gasteiger partial charge in [-0.25, -0.2) is 4.79 Å². The first-order valence-electron chi connectivity index (χ1n) is 16.9. The third-order valence-corrected chi connectivity index (χ3v) is 13.1. The molecule has 234 valence electrons. The lowest BCUT2D eigenvalue weighted by Crippen LogP contribution is -2.48. The molecule has 9 atom stereocenters. The number of carbonyl (C=O) groups excluding carboxylic acids is 1. The van der Waals surface area contributed by atoms with Crippen LogP contribution < -0.4 is 10.1 Å². The number of aromatic nitrogens is 1. The highest BCUT2D eigenvalue weighted by Gasteiger charge is 2.67. The third-order valence-electron chi connectivity index (χ3n) is 12.6. The Labute approximate surface area is 269 Å². The lowest BCUT2D eigenvalue weighted by atomic mass is 9.53. The molecule has 2 aliphatic heterocycles. The maximum Gasteiger partial charge on any atom is 0.412 e. The number of fused-ring (bicyclic) bond motifs is 8. The molecule has 2 saturated carbocycles. The molecule has 0 radical (unpaired) electrons. The maximum absolute atomic E-state index is 12.7. The molecule has 5 aliphatic rings. The van der Waals surface area contributed by atoms with Crippen LogP contribution >= 0.6 is 15.9 Å². The predicted octanol–water partition coefficient (Wildman–Crippen LogP) is 8.52. The first-order chi connectivity index (χ1) is 21.2. The zero-order valence-electron chi connectivity index (χ0n) is 26.2. The van der Waals surface area contributed by atoms with Crippen molar-refractivity contribution in [3.63, 3.8) is 0 Å². The second kappa shape index (κ2) is 10.9. The first-order valence-corrected chi connectivity index (χ1v) is 17.7. The number of carbonyl (C=O) groups is 1. The monoisotopic (exact) mass is 660 g/mol. The van der Waals surface area contributed by atoms with Gasteiger partial charge in [0.15, 0.2) is 5.79 Å². The maximum atomic E-state index is 12.7. The molecule has 44 heavy (non-hydrogen) atoms. The molecule has 8 rings (SSSR count). The average Bonchev–Trinajstić information content (AvgIpc) is 3.63. The summed E-state index contributed by atoms with van der Waals surface area (Å²) >= 11 is 3.55. The lowest BCUT2D eigenvalue weighted by molar-refractivity contribution is -0.272. The van der Waals surface area contributed by atoms with Crippen LogP contribution in [0.2, 0.25) is 0 Å². The lowest BCUT2D eigenvalue weighted by Gasteiger charge is -2.52. The fraction of sp³-hybridized carbons (Fsp3) is 0.595. The van der Waals surface area contributed by atoms with E-state index in [-0.39, 0.29) is 5.79 Å². The molecule has 6 nitrogen and oxygen atoms in total. The molecule has 1 spiro atoms. The molecule has 1 amide bonds. The van der Waals surface area contributed by atoms with E-state index in [2.05, 4.69) is 71.3 Å². The van der Waals surface area contributed by atoms with Crippen LogP contribution in [-0.2, 0) is 22.3 Å². The van der Waals surface area contributed by atoms with E-state index in [4.69, 9.17) is 14.2 Å².